The summed E-state index contributed by atoms with van der Waals surface area (Å²) in [6, 6.07) is 11.7. The minimum Gasteiger partial charge on any atom is -0.406 e. The van der Waals surface area contributed by atoms with Crippen molar-refractivity contribution in [2.75, 3.05) is 10.6 Å². The van der Waals surface area contributed by atoms with E-state index in [-0.39, 0.29) is 11.8 Å². The number of nitrogens with one attached hydrogen (secondary N) is 2. The van der Waals surface area contributed by atoms with Gasteiger partial charge in [-0.2, -0.15) is 4.98 Å². The first-order chi connectivity index (χ1) is 14.5. The highest BCUT2D eigenvalue weighted by Gasteiger charge is 2.31. The summed E-state index contributed by atoms with van der Waals surface area (Å²) in [7, 11) is 0. The molecule has 2 aromatic carbocycles. The lowest BCUT2D eigenvalue weighted by Crippen LogP contribution is -2.17. The molecule has 2 N–H and O–H groups in total. The summed E-state index contributed by atoms with van der Waals surface area (Å²) in [4.78, 5) is 9.02. The smallest absolute Gasteiger partial charge is 0.406 e. The van der Waals surface area contributed by atoms with Crippen molar-refractivity contribution in [2.24, 2.45) is 0 Å². The quantitative estimate of drug-likeness (QED) is 0.466. The summed E-state index contributed by atoms with van der Waals surface area (Å²) in [5.74, 6) is 0.603. The molecule has 0 unspecified atom stereocenters. The lowest BCUT2D eigenvalue weighted by molar-refractivity contribution is -0.274. The molecule has 0 aliphatic heterocycles. The number of alkyl halides is 3. The molecule has 0 aliphatic carbocycles. The lowest BCUT2D eigenvalue weighted by atomic mass is 10.1. The molecule has 0 amide bonds. The van der Waals surface area contributed by atoms with Crippen molar-refractivity contribution in [3.05, 3.63) is 59.2 Å². The van der Waals surface area contributed by atoms with E-state index in [1.807, 2.05) is 34.6 Å². The van der Waals surface area contributed by atoms with Gasteiger partial charge in [-0.25, -0.2) is 4.98 Å². The van der Waals surface area contributed by atoms with Gasteiger partial charge in [-0.3, -0.25) is 0 Å². The Kier molecular flexibility index (Phi) is 6.38. The zero-order valence-corrected chi connectivity index (χ0v) is 18.1. The van der Waals surface area contributed by atoms with Crippen molar-refractivity contribution in [1.82, 2.24) is 9.97 Å². The number of rotatable bonds is 6. The Balaban J connectivity index is 2.03. The SMILES string of the molecule is Cc1cc(C)c(Nc2cc(-c3cccc(OC(F)(F)F)c3)nc(NC(C)C)n2)c(C)c1. The molecule has 31 heavy (non-hydrogen) atoms. The predicted molar refractivity (Wildman–Crippen MR) is 117 cm³/mol. The molecule has 164 valence electrons. The maximum absolute atomic E-state index is 12.6. The Morgan fingerprint density at radius 2 is 1.61 bits per heavy atom. The fourth-order valence-corrected chi connectivity index (χ4v) is 3.34. The molecule has 3 rings (SSSR count). The monoisotopic (exact) mass is 430 g/mol. The van der Waals surface area contributed by atoms with E-state index in [2.05, 4.69) is 37.5 Å². The van der Waals surface area contributed by atoms with Gasteiger partial charge >= 0.3 is 6.36 Å². The summed E-state index contributed by atoms with van der Waals surface area (Å²) in [5, 5.41) is 6.50. The van der Waals surface area contributed by atoms with Crippen LogP contribution in [0.5, 0.6) is 5.75 Å². The Morgan fingerprint density at radius 1 is 0.935 bits per heavy atom. The van der Waals surface area contributed by atoms with E-state index in [1.54, 1.807) is 12.1 Å². The normalized spacial score (nSPS) is 11.5. The molecular formula is C23H25F3N4O. The second kappa shape index (κ2) is 8.83. The molecule has 0 saturated carbocycles. The minimum absolute atomic E-state index is 0.0749. The molecular weight excluding hydrogens is 405 g/mol. The Bertz CT molecular complexity index is 1060. The van der Waals surface area contributed by atoms with Crippen molar-refractivity contribution in [3.8, 4) is 17.0 Å². The van der Waals surface area contributed by atoms with Crippen LogP contribution in [0.4, 0.5) is 30.6 Å². The summed E-state index contributed by atoms with van der Waals surface area (Å²) < 4.78 is 41.9. The molecule has 1 aromatic heterocycles. The van der Waals surface area contributed by atoms with Crippen LogP contribution in [0.25, 0.3) is 11.3 Å². The average molecular weight is 430 g/mol. The number of anilines is 3. The molecule has 8 heteroatoms. The van der Waals surface area contributed by atoms with Crippen LogP contribution in [-0.4, -0.2) is 22.4 Å². The van der Waals surface area contributed by atoms with Crippen LogP contribution in [0.1, 0.15) is 30.5 Å². The van der Waals surface area contributed by atoms with E-state index < -0.39 is 6.36 Å². The van der Waals surface area contributed by atoms with E-state index in [4.69, 9.17) is 0 Å². The first-order valence-corrected chi connectivity index (χ1v) is 9.87. The summed E-state index contributed by atoms with van der Waals surface area (Å²) in [6.45, 7) is 9.96. The molecule has 0 aliphatic rings. The second-order valence-electron chi connectivity index (χ2n) is 7.74. The third-order valence-corrected chi connectivity index (χ3v) is 4.44. The molecule has 0 fully saturated rings. The van der Waals surface area contributed by atoms with Gasteiger partial charge in [0.1, 0.15) is 11.6 Å². The molecule has 0 bridgehead atoms. The van der Waals surface area contributed by atoms with E-state index in [9.17, 15) is 13.2 Å². The molecule has 0 spiro atoms. The van der Waals surface area contributed by atoms with Crippen molar-refractivity contribution in [2.45, 2.75) is 47.0 Å². The standard InChI is InChI=1S/C23H25F3N4O/c1-13(2)27-22-28-19(17-7-6-8-18(11-17)31-23(24,25)26)12-20(30-22)29-21-15(4)9-14(3)10-16(21)5/h6-13H,1-5H3,(H2,27,28,29,30). The highest BCUT2D eigenvalue weighted by molar-refractivity contribution is 5.71. The van der Waals surface area contributed by atoms with Gasteiger partial charge in [-0.05, 0) is 57.9 Å². The highest BCUT2D eigenvalue weighted by Crippen LogP contribution is 2.31. The number of hydrogen-bond acceptors (Lipinski definition) is 5. The number of hydrogen-bond donors (Lipinski definition) is 2. The number of aryl methyl sites for hydroxylation is 3. The van der Waals surface area contributed by atoms with Gasteiger partial charge < -0.3 is 15.4 Å². The molecule has 0 atom stereocenters. The predicted octanol–water partition coefficient (Wildman–Crippen LogP) is 6.53. The van der Waals surface area contributed by atoms with Crippen LogP contribution in [0.3, 0.4) is 0 Å². The number of nitrogens with zero attached hydrogens (tertiary/aromatic N) is 2. The molecule has 3 aromatic rings. The first-order valence-electron chi connectivity index (χ1n) is 9.87. The van der Waals surface area contributed by atoms with Crippen LogP contribution < -0.4 is 15.4 Å². The molecule has 0 radical (unpaired) electrons. The molecule has 1 heterocycles. The van der Waals surface area contributed by atoms with Crippen LogP contribution >= 0.6 is 0 Å². The lowest BCUT2D eigenvalue weighted by Gasteiger charge is -2.16. The largest absolute Gasteiger partial charge is 0.573 e. The third-order valence-electron chi connectivity index (χ3n) is 4.44. The fourth-order valence-electron chi connectivity index (χ4n) is 3.34. The second-order valence-corrected chi connectivity index (χ2v) is 7.74. The van der Waals surface area contributed by atoms with Gasteiger partial charge in [0.05, 0.1) is 5.69 Å². The van der Waals surface area contributed by atoms with Crippen LogP contribution in [0.15, 0.2) is 42.5 Å². The van der Waals surface area contributed by atoms with Crippen molar-refractivity contribution >= 4 is 17.5 Å². The number of aromatic nitrogens is 2. The van der Waals surface area contributed by atoms with Gasteiger partial charge in [0.2, 0.25) is 5.95 Å². The Labute approximate surface area is 179 Å². The van der Waals surface area contributed by atoms with E-state index in [0.29, 0.717) is 23.0 Å². The van der Waals surface area contributed by atoms with Crippen molar-refractivity contribution in [3.63, 3.8) is 0 Å². The Morgan fingerprint density at radius 3 is 2.23 bits per heavy atom. The van der Waals surface area contributed by atoms with Crippen LogP contribution in [0.2, 0.25) is 0 Å². The van der Waals surface area contributed by atoms with Gasteiger partial charge in [0.25, 0.3) is 0 Å². The van der Waals surface area contributed by atoms with Gasteiger partial charge in [-0.15, -0.1) is 13.2 Å². The number of halogens is 3. The fraction of sp³-hybridized carbons (Fsp3) is 0.304. The highest BCUT2D eigenvalue weighted by atomic mass is 19.4. The van der Waals surface area contributed by atoms with Gasteiger partial charge in [0.15, 0.2) is 0 Å². The molecule has 5 nitrogen and oxygen atoms in total. The van der Waals surface area contributed by atoms with Crippen LogP contribution in [-0.2, 0) is 0 Å². The van der Waals surface area contributed by atoms with Crippen molar-refractivity contribution in [1.29, 1.82) is 0 Å². The molecule has 0 saturated heterocycles. The zero-order chi connectivity index (χ0) is 22.8. The number of ether oxygens (including phenoxy) is 1. The van der Waals surface area contributed by atoms with Gasteiger partial charge in [0, 0.05) is 23.4 Å². The average Bonchev–Trinajstić information content (AvgIpc) is 2.63. The van der Waals surface area contributed by atoms with Crippen LogP contribution in [0, 0.1) is 20.8 Å². The van der Waals surface area contributed by atoms with Gasteiger partial charge in [-0.1, -0.05) is 29.8 Å². The number of benzene rings is 2. The van der Waals surface area contributed by atoms with E-state index >= 15 is 0 Å². The summed E-state index contributed by atoms with van der Waals surface area (Å²) in [5.41, 5.74) is 5.17. The van der Waals surface area contributed by atoms with E-state index in [1.165, 1.54) is 18.2 Å². The third kappa shape index (κ3) is 6.10. The summed E-state index contributed by atoms with van der Waals surface area (Å²) in [6.07, 6.45) is -4.76. The Hall–Kier alpha value is -3.29. The summed E-state index contributed by atoms with van der Waals surface area (Å²) >= 11 is 0. The maximum atomic E-state index is 12.6. The maximum Gasteiger partial charge on any atom is 0.573 e. The minimum atomic E-state index is -4.76. The first kappa shape index (κ1) is 22.4. The van der Waals surface area contributed by atoms with Crippen molar-refractivity contribution < 1.29 is 17.9 Å². The van der Waals surface area contributed by atoms with E-state index in [0.717, 1.165) is 22.4 Å². The zero-order valence-electron chi connectivity index (χ0n) is 18.1. The topological polar surface area (TPSA) is 59.1 Å².